The molecule has 6 atom stereocenters. The summed E-state index contributed by atoms with van der Waals surface area (Å²) < 4.78 is 68.4. The second kappa shape index (κ2) is 71.7. The van der Waals surface area contributed by atoms with Crippen molar-refractivity contribution in [2.45, 2.75) is 439 Å². The van der Waals surface area contributed by atoms with E-state index in [0.29, 0.717) is 25.7 Å². The van der Waals surface area contributed by atoms with E-state index in [0.717, 1.165) is 108 Å². The Hall–Kier alpha value is -1.94. The molecule has 0 heterocycles. The van der Waals surface area contributed by atoms with Crippen LogP contribution in [0.15, 0.2) is 0 Å². The van der Waals surface area contributed by atoms with Crippen LogP contribution in [0.25, 0.3) is 0 Å². The fourth-order valence-corrected chi connectivity index (χ4v) is 13.9. The molecule has 0 aromatic carbocycles. The van der Waals surface area contributed by atoms with Crippen LogP contribution in [0, 0.1) is 11.8 Å². The van der Waals surface area contributed by atoms with Gasteiger partial charge in [0.15, 0.2) is 12.2 Å². The van der Waals surface area contributed by atoms with Gasteiger partial charge in [-0.1, -0.05) is 369 Å². The summed E-state index contributed by atoms with van der Waals surface area (Å²) >= 11 is 0. The minimum absolute atomic E-state index is 0.104. The third-order valence-corrected chi connectivity index (χ3v) is 21.0. The zero-order chi connectivity index (χ0) is 72.8. The molecule has 19 heteroatoms. The number of aliphatic hydroxyl groups is 1. The molecule has 3 N–H and O–H groups in total. The van der Waals surface area contributed by atoms with Crippen LogP contribution >= 0.6 is 15.6 Å². The number of ether oxygens (including phenoxy) is 4. The summed E-state index contributed by atoms with van der Waals surface area (Å²) in [6.07, 6.45) is 61.8. The van der Waals surface area contributed by atoms with Gasteiger partial charge in [-0.15, -0.1) is 0 Å². The standard InChI is InChI=1S/C80H156O17P2/c1-7-10-12-14-15-16-17-18-19-20-21-22-23-27-30-33-36-39-45-51-57-63-78(83)91-69-76(97-79(84)64-58-52-46-40-37-34-31-28-25-24-26-29-32-35-38-44-50-55-61-73(6)9-3)71-95-99(88,89)93-67-74(81)66-92-98(86,87)94-70-75(68-90-77(82)62-56-48-13-11-8-2)96-80(85)65-59-53-47-42-41-43-49-54-60-72(4)5/h72-76,81H,7-71H2,1-6H3,(H,86,87)(H,88,89)/t73?,74-,75+,76+/m0/s1. The van der Waals surface area contributed by atoms with Crippen LogP contribution < -0.4 is 0 Å². The lowest BCUT2D eigenvalue weighted by atomic mass is 9.99. The van der Waals surface area contributed by atoms with Crippen LogP contribution in [0.5, 0.6) is 0 Å². The molecular weight excluding hydrogens is 1290 g/mol. The van der Waals surface area contributed by atoms with Crippen molar-refractivity contribution in [3.63, 3.8) is 0 Å². The summed E-state index contributed by atoms with van der Waals surface area (Å²) in [5.74, 6) is -0.536. The summed E-state index contributed by atoms with van der Waals surface area (Å²) in [4.78, 5) is 72.6. The molecule has 0 bridgehead atoms. The van der Waals surface area contributed by atoms with Gasteiger partial charge in [0.1, 0.15) is 19.3 Å². The largest absolute Gasteiger partial charge is 0.472 e. The number of carbonyl (C=O) groups is 4. The van der Waals surface area contributed by atoms with E-state index in [1.54, 1.807) is 0 Å². The lowest BCUT2D eigenvalue weighted by Gasteiger charge is -2.21. The molecule has 17 nitrogen and oxygen atoms in total. The summed E-state index contributed by atoms with van der Waals surface area (Å²) in [5, 5.41) is 10.6. The van der Waals surface area contributed by atoms with Gasteiger partial charge < -0.3 is 33.8 Å². The molecule has 0 aliphatic heterocycles. The highest BCUT2D eigenvalue weighted by molar-refractivity contribution is 7.47. The number of hydrogen-bond acceptors (Lipinski definition) is 15. The van der Waals surface area contributed by atoms with Crippen molar-refractivity contribution in [3.05, 3.63) is 0 Å². The second-order valence-corrected chi connectivity index (χ2v) is 32.4. The molecular formula is C80H156O17P2. The van der Waals surface area contributed by atoms with E-state index in [2.05, 4.69) is 41.5 Å². The molecule has 99 heavy (non-hydrogen) atoms. The average Bonchev–Trinajstić information content (AvgIpc) is 1.10. The van der Waals surface area contributed by atoms with Crippen LogP contribution in [0.3, 0.4) is 0 Å². The number of hydrogen-bond donors (Lipinski definition) is 3. The molecule has 0 saturated heterocycles. The number of phosphoric acid groups is 2. The molecule has 0 saturated carbocycles. The first-order chi connectivity index (χ1) is 47.9. The summed E-state index contributed by atoms with van der Waals surface area (Å²) in [5.41, 5.74) is 0. The first-order valence-electron chi connectivity index (χ1n) is 41.5. The quantitative estimate of drug-likeness (QED) is 0.0222. The van der Waals surface area contributed by atoms with Gasteiger partial charge in [-0.3, -0.25) is 37.3 Å². The zero-order valence-electron chi connectivity index (χ0n) is 64.8. The van der Waals surface area contributed by atoms with Crippen molar-refractivity contribution < 1.29 is 80.2 Å². The SMILES string of the molecule is CCCCCCCCCCCCCCCCCCCCCCCC(=O)OC[C@H](COP(=O)(O)OC[C@@H](O)COP(=O)(O)OC[C@@H](COC(=O)CCCCCCC)OC(=O)CCCCCCCCCCC(C)C)OC(=O)CCCCCCCCCCCCCCCCCCCCC(C)CC. The minimum Gasteiger partial charge on any atom is -0.462 e. The van der Waals surface area contributed by atoms with Gasteiger partial charge in [-0.05, 0) is 37.5 Å². The molecule has 0 fully saturated rings. The van der Waals surface area contributed by atoms with Crippen molar-refractivity contribution in [1.29, 1.82) is 0 Å². The maximum absolute atomic E-state index is 13.1. The van der Waals surface area contributed by atoms with Gasteiger partial charge in [-0.25, -0.2) is 9.13 Å². The Morgan fingerprint density at radius 1 is 0.293 bits per heavy atom. The Bertz CT molecular complexity index is 1910. The third kappa shape index (κ3) is 72.8. The van der Waals surface area contributed by atoms with E-state index >= 15 is 0 Å². The highest BCUT2D eigenvalue weighted by atomic mass is 31.2. The number of carbonyl (C=O) groups excluding carboxylic acids is 4. The maximum Gasteiger partial charge on any atom is 0.472 e. The minimum atomic E-state index is -4.96. The lowest BCUT2D eigenvalue weighted by Crippen LogP contribution is -2.30. The van der Waals surface area contributed by atoms with Crippen LogP contribution in [-0.4, -0.2) is 96.7 Å². The Balaban J connectivity index is 5.09. The summed E-state index contributed by atoms with van der Waals surface area (Å²) in [6.45, 7) is 9.55. The summed E-state index contributed by atoms with van der Waals surface area (Å²) in [6, 6.07) is 0. The van der Waals surface area contributed by atoms with Crippen molar-refractivity contribution in [1.82, 2.24) is 0 Å². The topological polar surface area (TPSA) is 237 Å². The van der Waals surface area contributed by atoms with Crippen LogP contribution in [0.4, 0.5) is 0 Å². The first kappa shape index (κ1) is 97.1. The normalized spacial score (nSPS) is 14.2. The highest BCUT2D eigenvalue weighted by Crippen LogP contribution is 2.45. The van der Waals surface area contributed by atoms with Gasteiger partial charge in [0.2, 0.25) is 0 Å². The molecule has 0 radical (unpaired) electrons. The van der Waals surface area contributed by atoms with E-state index in [-0.39, 0.29) is 25.7 Å². The number of phosphoric ester groups is 2. The fourth-order valence-electron chi connectivity index (χ4n) is 12.3. The molecule has 0 amide bonds. The predicted molar refractivity (Wildman–Crippen MR) is 405 cm³/mol. The van der Waals surface area contributed by atoms with Crippen molar-refractivity contribution in [3.8, 4) is 0 Å². The predicted octanol–water partition coefficient (Wildman–Crippen LogP) is 23.9. The van der Waals surface area contributed by atoms with Gasteiger partial charge in [0, 0.05) is 25.7 Å². The second-order valence-electron chi connectivity index (χ2n) is 29.5. The van der Waals surface area contributed by atoms with E-state index in [1.165, 1.54) is 231 Å². The van der Waals surface area contributed by atoms with Gasteiger partial charge in [0.25, 0.3) is 0 Å². The van der Waals surface area contributed by atoms with Crippen LogP contribution in [0.2, 0.25) is 0 Å². The smallest absolute Gasteiger partial charge is 0.462 e. The van der Waals surface area contributed by atoms with E-state index < -0.39 is 97.5 Å². The van der Waals surface area contributed by atoms with E-state index in [4.69, 9.17) is 37.0 Å². The number of unbranched alkanes of at least 4 members (excludes halogenated alkanes) is 48. The average molecular weight is 1450 g/mol. The Labute approximate surface area is 607 Å². The molecule has 0 aromatic rings. The van der Waals surface area contributed by atoms with Crippen molar-refractivity contribution >= 4 is 39.5 Å². The molecule has 0 aromatic heterocycles. The molecule has 3 unspecified atom stereocenters. The molecule has 0 aliphatic carbocycles. The van der Waals surface area contributed by atoms with Crippen LogP contribution in [0.1, 0.15) is 420 Å². The number of esters is 4. The Kier molecular flexibility index (Phi) is 70.3. The van der Waals surface area contributed by atoms with Gasteiger partial charge in [0.05, 0.1) is 26.4 Å². The molecule has 0 spiro atoms. The number of rotatable bonds is 79. The Morgan fingerprint density at radius 2 is 0.515 bits per heavy atom. The van der Waals surface area contributed by atoms with Gasteiger partial charge >= 0.3 is 39.5 Å². The van der Waals surface area contributed by atoms with Crippen LogP contribution in [-0.2, 0) is 65.4 Å². The van der Waals surface area contributed by atoms with Crippen molar-refractivity contribution in [2.75, 3.05) is 39.6 Å². The monoisotopic (exact) mass is 1450 g/mol. The maximum atomic E-state index is 13.1. The third-order valence-electron chi connectivity index (χ3n) is 19.1. The van der Waals surface area contributed by atoms with Gasteiger partial charge in [-0.2, -0.15) is 0 Å². The molecule has 0 rings (SSSR count). The fraction of sp³-hybridized carbons (Fsp3) is 0.950. The van der Waals surface area contributed by atoms with Crippen molar-refractivity contribution in [2.24, 2.45) is 11.8 Å². The molecule has 0 aliphatic rings. The zero-order valence-corrected chi connectivity index (χ0v) is 66.6. The van der Waals surface area contributed by atoms with E-state index in [1.807, 2.05) is 0 Å². The first-order valence-corrected chi connectivity index (χ1v) is 44.5. The Morgan fingerprint density at radius 3 is 0.768 bits per heavy atom. The van der Waals surface area contributed by atoms with E-state index in [9.17, 15) is 43.2 Å². The number of aliphatic hydroxyl groups excluding tert-OH is 1. The lowest BCUT2D eigenvalue weighted by molar-refractivity contribution is -0.161. The molecule has 588 valence electrons. The highest BCUT2D eigenvalue weighted by Gasteiger charge is 2.30. The summed E-state index contributed by atoms with van der Waals surface area (Å²) in [7, 11) is -9.90.